The van der Waals surface area contributed by atoms with Crippen LogP contribution in [0.3, 0.4) is 0 Å². The van der Waals surface area contributed by atoms with Crippen LogP contribution in [0.25, 0.3) is 0 Å². The van der Waals surface area contributed by atoms with E-state index in [9.17, 15) is 26.7 Å². The monoisotopic (exact) mass is 268 g/mol. The molecule has 0 aromatic heterocycles. The van der Waals surface area contributed by atoms with Crippen molar-refractivity contribution in [3.05, 3.63) is 23.8 Å². The number of halogens is 5. The number of carbonyl (C=O) groups is 1. The van der Waals surface area contributed by atoms with Gasteiger partial charge in [-0.25, -0.2) is 0 Å². The van der Waals surface area contributed by atoms with Crippen molar-refractivity contribution in [1.29, 1.82) is 0 Å². The summed E-state index contributed by atoms with van der Waals surface area (Å²) in [5, 5.41) is 1.45. The molecule has 0 bridgehead atoms. The molecule has 1 aromatic rings. The predicted octanol–water partition coefficient (Wildman–Crippen LogP) is 2.71. The van der Waals surface area contributed by atoms with E-state index in [-0.39, 0.29) is 11.4 Å². The molecule has 0 fully saturated rings. The lowest BCUT2D eigenvalue weighted by molar-refractivity contribution is -0.267. The Kier molecular flexibility index (Phi) is 3.50. The molecule has 100 valence electrons. The van der Waals surface area contributed by atoms with Crippen LogP contribution in [0.4, 0.5) is 33.3 Å². The second-order valence-corrected chi connectivity index (χ2v) is 3.62. The molecular weight excluding hydrogens is 259 g/mol. The number of hydrogen-bond acceptors (Lipinski definition) is 2. The summed E-state index contributed by atoms with van der Waals surface area (Å²) in [6.45, 7) is 1.65. The average Bonchev–Trinajstić information content (AvgIpc) is 2.20. The van der Waals surface area contributed by atoms with Gasteiger partial charge in [-0.1, -0.05) is 6.07 Å². The maximum Gasteiger partial charge on any atom is 0.463 e. The van der Waals surface area contributed by atoms with E-state index in [4.69, 9.17) is 5.73 Å². The molecule has 0 atom stereocenters. The Morgan fingerprint density at radius 3 is 2.22 bits per heavy atom. The van der Waals surface area contributed by atoms with Crippen molar-refractivity contribution in [3.8, 4) is 0 Å². The molecule has 0 saturated carbocycles. The molecule has 1 amide bonds. The Balaban J connectivity index is 2.95. The van der Waals surface area contributed by atoms with Crippen LogP contribution < -0.4 is 11.1 Å². The lowest BCUT2D eigenvalue weighted by Crippen LogP contribution is -2.47. The standard InChI is InChI=1S/C10H9F5N2O/c1-5-2-3-7(6(16)4-5)17-8(18)9(11,12)10(13,14)15/h2-4H,16H2,1H3,(H,17,18). The fourth-order valence-electron chi connectivity index (χ4n) is 1.13. The van der Waals surface area contributed by atoms with Gasteiger partial charge in [-0.05, 0) is 24.6 Å². The lowest BCUT2D eigenvalue weighted by atomic mass is 10.2. The molecule has 3 nitrogen and oxygen atoms in total. The van der Waals surface area contributed by atoms with Gasteiger partial charge in [-0.15, -0.1) is 0 Å². The quantitative estimate of drug-likeness (QED) is 0.640. The van der Waals surface area contributed by atoms with Crippen molar-refractivity contribution >= 4 is 17.3 Å². The molecule has 0 spiro atoms. The van der Waals surface area contributed by atoms with Crippen LogP contribution in [0.1, 0.15) is 5.56 Å². The van der Waals surface area contributed by atoms with E-state index in [0.717, 1.165) is 6.07 Å². The van der Waals surface area contributed by atoms with E-state index in [0.29, 0.717) is 5.56 Å². The molecule has 1 aromatic carbocycles. The van der Waals surface area contributed by atoms with Crippen molar-refractivity contribution in [2.45, 2.75) is 19.0 Å². The molecule has 18 heavy (non-hydrogen) atoms. The van der Waals surface area contributed by atoms with Gasteiger partial charge in [0, 0.05) is 0 Å². The van der Waals surface area contributed by atoms with Crippen LogP contribution >= 0.6 is 0 Å². The first-order chi connectivity index (χ1) is 8.05. The van der Waals surface area contributed by atoms with Crippen LogP contribution in [-0.4, -0.2) is 18.0 Å². The molecule has 0 aliphatic carbocycles. The predicted molar refractivity (Wildman–Crippen MR) is 55.2 cm³/mol. The molecule has 0 radical (unpaired) electrons. The van der Waals surface area contributed by atoms with Crippen LogP contribution in [0, 0.1) is 6.92 Å². The van der Waals surface area contributed by atoms with Gasteiger partial charge in [0.1, 0.15) is 0 Å². The van der Waals surface area contributed by atoms with Gasteiger partial charge in [0.2, 0.25) is 0 Å². The Morgan fingerprint density at radius 2 is 1.78 bits per heavy atom. The van der Waals surface area contributed by atoms with E-state index in [1.807, 2.05) is 0 Å². The van der Waals surface area contributed by atoms with Gasteiger partial charge in [0.05, 0.1) is 11.4 Å². The third kappa shape index (κ3) is 2.69. The van der Waals surface area contributed by atoms with Gasteiger partial charge in [-0.2, -0.15) is 22.0 Å². The summed E-state index contributed by atoms with van der Waals surface area (Å²) < 4.78 is 61.0. The summed E-state index contributed by atoms with van der Waals surface area (Å²) in [5.41, 5.74) is 5.66. The molecule has 0 unspecified atom stereocenters. The second-order valence-electron chi connectivity index (χ2n) is 3.62. The van der Waals surface area contributed by atoms with Gasteiger partial charge < -0.3 is 11.1 Å². The van der Waals surface area contributed by atoms with Crippen molar-refractivity contribution in [3.63, 3.8) is 0 Å². The van der Waals surface area contributed by atoms with Crippen molar-refractivity contribution in [2.75, 3.05) is 11.1 Å². The number of nitrogens with two attached hydrogens (primary N) is 1. The molecule has 0 aliphatic rings. The van der Waals surface area contributed by atoms with Gasteiger partial charge >= 0.3 is 18.0 Å². The minimum atomic E-state index is -5.95. The lowest BCUT2D eigenvalue weighted by Gasteiger charge is -2.19. The number of hydrogen-bond donors (Lipinski definition) is 2. The highest BCUT2D eigenvalue weighted by Gasteiger charge is 2.63. The summed E-state index contributed by atoms with van der Waals surface area (Å²) in [7, 11) is 0. The highest BCUT2D eigenvalue weighted by Crippen LogP contribution is 2.36. The zero-order valence-corrected chi connectivity index (χ0v) is 9.11. The summed E-state index contributed by atoms with van der Waals surface area (Å²) in [5.74, 6) is -7.94. The number of benzene rings is 1. The zero-order chi connectivity index (χ0) is 14.1. The largest absolute Gasteiger partial charge is 0.463 e. The number of carbonyl (C=O) groups excluding carboxylic acids is 1. The smallest absolute Gasteiger partial charge is 0.397 e. The second kappa shape index (κ2) is 4.43. The summed E-state index contributed by atoms with van der Waals surface area (Å²) >= 11 is 0. The Hall–Kier alpha value is -1.86. The van der Waals surface area contributed by atoms with Gasteiger partial charge in [0.25, 0.3) is 0 Å². The van der Waals surface area contributed by atoms with E-state index in [1.54, 1.807) is 6.92 Å². The maximum absolute atomic E-state index is 12.6. The van der Waals surface area contributed by atoms with Gasteiger partial charge in [-0.3, -0.25) is 4.79 Å². The third-order valence-electron chi connectivity index (χ3n) is 2.10. The highest BCUT2D eigenvalue weighted by atomic mass is 19.4. The van der Waals surface area contributed by atoms with E-state index in [1.165, 1.54) is 17.4 Å². The fraction of sp³-hybridized carbons (Fsp3) is 0.300. The normalized spacial score (nSPS) is 12.3. The van der Waals surface area contributed by atoms with Crippen molar-refractivity contribution in [2.24, 2.45) is 0 Å². The van der Waals surface area contributed by atoms with E-state index in [2.05, 4.69) is 0 Å². The Labute approximate surface area is 98.8 Å². The Bertz CT molecular complexity index is 470. The number of anilines is 2. The zero-order valence-electron chi connectivity index (χ0n) is 9.11. The maximum atomic E-state index is 12.6. The fourth-order valence-corrected chi connectivity index (χ4v) is 1.13. The van der Waals surface area contributed by atoms with E-state index >= 15 is 0 Å². The molecule has 1 rings (SSSR count). The third-order valence-corrected chi connectivity index (χ3v) is 2.10. The summed E-state index contributed by atoms with van der Waals surface area (Å²) in [6.07, 6.45) is -5.95. The summed E-state index contributed by atoms with van der Waals surface area (Å²) in [4.78, 5) is 10.9. The molecule has 0 aliphatic heterocycles. The number of rotatable bonds is 2. The van der Waals surface area contributed by atoms with Crippen LogP contribution in [0.15, 0.2) is 18.2 Å². The minimum Gasteiger partial charge on any atom is -0.397 e. The number of aryl methyl sites for hydroxylation is 1. The first kappa shape index (κ1) is 14.2. The highest BCUT2D eigenvalue weighted by molar-refractivity contribution is 5.98. The Morgan fingerprint density at radius 1 is 1.22 bits per heavy atom. The SMILES string of the molecule is Cc1ccc(NC(=O)C(F)(F)C(F)(F)F)c(N)c1. The number of amides is 1. The molecular formula is C10H9F5N2O. The van der Waals surface area contributed by atoms with Crippen molar-refractivity contribution in [1.82, 2.24) is 0 Å². The van der Waals surface area contributed by atoms with Crippen LogP contribution in [0.5, 0.6) is 0 Å². The van der Waals surface area contributed by atoms with Crippen LogP contribution in [-0.2, 0) is 4.79 Å². The molecule has 3 N–H and O–H groups in total. The number of alkyl halides is 5. The molecule has 0 saturated heterocycles. The summed E-state index contributed by atoms with van der Waals surface area (Å²) in [6, 6.07) is 3.90. The molecule has 8 heteroatoms. The number of nitrogen functional groups attached to an aromatic ring is 1. The first-order valence-electron chi connectivity index (χ1n) is 4.68. The molecule has 0 heterocycles. The average molecular weight is 268 g/mol. The number of nitrogens with one attached hydrogen (secondary N) is 1. The van der Waals surface area contributed by atoms with Crippen molar-refractivity contribution < 1.29 is 26.7 Å². The van der Waals surface area contributed by atoms with Gasteiger partial charge in [0.15, 0.2) is 0 Å². The minimum absolute atomic E-state index is 0.0960. The first-order valence-corrected chi connectivity index (χ1v) is 4.68. The van der Waals surface area contributed by atoms with E-state index < -0.39 is 18.0 Å². The topological polar surface area (TPSA) is 55.1 Å². The van der Waals surface area contributed by atoms with Crippen LogP contribution in [0.2, 0.25) is 0 Å².